The smallest absolute Gasteiger partial charge is 0.267 e. The fourth-order valence-electron chi connectivity index (χ4n) is 3.20. The first-order chi connectivity index (χ1) is 12.3. The van der Waals surface area contributed by atoms with E-state index in [0.717, 1.165) is 42.8 Å². The Morgan fingerprint density at radius 1 is 1.19 bits per heavy atom. The first-order valence-corrected chi connectivity index (χ1v) is 8.57. The zero-order chi connectivity index (χ0) is 17.1. The summed E-state index contributed by atoms with van der Waals surface area (Å²) >= 11 is 0. The van der Waals surface area contributed by atoms with Crippen LogP contribution in [0.4, 0.5) is 0 Å². The van der Waals surface area contributed by atoms with Crippen molar-refractivity contribution in [2.75, 3.05) is 13.1 Å². The fraction of sp³-hybridized carbons (Fsp3) is 0.316. The van der Waals surface area contributed by atoms with Crippen LogP contribution < -0.4 is 10.9 Å². The summed E-state index contributed by atoms with van der Waals surface area (Å²) in [7, 11) is 0. The van der Waals surface area contributed by atoms with E-state index in [-0.39, 0.29) is 18.0 Å². The zero-order valence-corrected chi connectivity index (χ0v) is 15.1. The normalized spacial score (nSPS) is 14.8. The maximum atomic E-state index is 11.8. The van der Waals surface area contributed by atoms with Gasteiger partial charge in [0.2, 0.25) is 5.89 Å². The van der Waals surface area contributed by atoms with Crippen molar-refractivity contribution in [3.63, 3.8) is 0 Å². The molecule has 7 heteroatoms. The summed E-state index contributed by atoms with van der Waals surface area (Å²) in [6.07, 6.45) is 5.63. The summed E-state index contributed by atoms with van der Waals surface area (Å²) in [5.41, 5.74) is 1.79. The van der Waals surface area contributed by atoms with Crippen molar-refractivity contribution in [2.45, 2.75) is 25.3 Å². The van der Waals surface area contributed by atoms with Crippen LogP contribution in [0.3, 0.4) is 0 Å². The number of benzene rings is 1. The largest absolute Gasteiger partial charge is 0.441 e. The van der Waals surface area contributed by atoms with Gasteiger partial charge in [-0.3, -0.25) is 4.79 Å². The number of rotatable bonds is 4. The molecule has 3 heterocycles. The summed E-state index contributed by atoms with van der Waals surface area (Å²) in [5, 5.41) is 7.46. The number of aromatic nitrogens is 3. The van der Waals surface area contributed by atoms with Crippen molar-refractivity contribution in [2.24, 2.45) is 0 Å². The van der Waals surface area contributed by atoms with Crippen LogP contribution in [-0.4, -0.2) is 27.9 Å². The predicted molar refractivity (Wildman–Crippen MR) is 102 cm³/mol. The Morgan fingerprint density at radius 3 is 2.85 bits per heavy atom. The number of oxazole rings is 1. The monoisotopic (exact) mass is 372 g/mol. The minimum Gasteiger partial charge on any atom is -0.441 e. The highest BCUT2D eigenvalue weighted by atomic mass is 35.5. The molecule has 1 N–H and O–H groups in total. The molecule has 0 spiro atoms. The van der Waals surface area contributed by atoms with Gasteiger partial charge in [0.15, 0.2) is 0 Å². The van der Waals surface area contributed by atoms with Gasteiger partial charge >= 0.3 is 0 Å². The van der Waals surface area contributed by atoms with Gasteiger partial charge in [-0.25, -0.2) is 9.67 Å². The van der Waals surface area contributed by atoms with Crippen LogP contribution in [0.5, 0.6) is 0 Å². The molecule has 0 aliphatic carbocycles. The van der Waals surface area contributed by atoms with E-state index in [4.69, 9.17) is 4.42 Å². The lowest BCUT2D eigenvalue weighted by molar-refractivity contribution is 0.390. The fourth-order valence-corrected chi connectivity index (χ4v) is 3.20. The Hall–Kier alpha value is -2.44. The lowest BCUT2D eigenvalue weighted by Gasteiger charge is -2.19. The third-order valence-corrected chi connectivity index (χ3v) is 4.56. The van der Waals surface area contributed by atoms with Gasteiger partial charge in [-0.05, 0) is 49.7 Å². The molecule has 1 aromatic carbocycles. The van der Waals surface area contributed by atoms with Crippen LogP contribution in [0, 0.1) is 0 Å². The highest BCUT2D eigenvalue weighted by Gasteiger charge is 2.19. The average Bonchev–Trinajstić information content (AvgIpc) is 3.15. The molecule has 1 aliphatic heterocycles. The van der Waals surface area contributed by atoms with Crippen LogP contribution >= 0.6 is 12.4 Å². The van der Waals surface area contributed by atoms with Crippen molar-refractivity contribution in [3.05, 3.63) is 70.5 Å². The molecule has 1 fully saturated rings. The van der Waals surface area contributed by atoms with Crippen molar-refractivity contribution in [1.82, 2.24) is 20.1 Å². The number of nitrogens with zero attached hydrogens (tertiary/aromatic N) is 3. The Labute approximate surface area is 157 Å². The molecule has 1 aliphatic rings. The molecule has 26 heavy (non-hydrogen) atoms. The molecular formula is C19H21ClN4O2. The van der Waals surface area contributed by atoms with Crippen molar-refractivity contribution < 1.29 is 4.42 Å². The Morgan fingerprint density at radius 2 is 2.04 bits per heavy atom. The molecule has 4 rings (SSSR count). The average molecular weight is 373 g/mol. The summed E-state index contributed by atoms with van der Waals surface area (Å²) in [6, 6.07) is 11.1. The van der Waals surface area contributed by atoms with E-state index in [1.807, 2.05) is 30.5 Å². The molecule has 0 saturated carbocycles. The number of nitrogens with one attached hydrogen (secondary N) is 1. The van der Waals surface area contributed by atoms with Crippen LogP contribution in [0.25, 0.3) is 11.5 Å². The second kappa shape index (κ2) is 8.29. The summed E-state index contributed by atoms with van der Waals surface area (Å²) in [6.45, 7) is 2.47. The van der Waals surface area contributed by atoms with Gasteiger partial charge in [0.1, 0.15) is 5.76 Å². The van der Waals surface area contributed by atoms with Crippen LogP contribution in [0.1, 0.15) is 30.1 Å². The Bertz CT molecular complexity index is 915. The third kappa shape index (κ3) is 4.03. The summed E-state index contributed by atoms with van der Waals surface area (Å²) in [5.74, 6) is 2.03. The first kappa shape index (κ1) is 18.4. The van der Waals surface area contributed by atoms with Crippen molar-refractivity contribution in [3.8, 4) is 11.5 Å². The molecule has 136 valence electrons. The van der Waals surface area contributed by atoms with E-state index in [2.05, 4.69) is 15.4 Å². The van der Waals surface area contributed by atoms with E-state index in [1.54, 1.807) is 12.3 Å². The van der Waals surface area contributed by atoms with Crippen LogP contribution in [-0.2, 0) is 6.54 Å². The topological polar surface area (TPSA) is 73.0 Å². The zero-order valence-electron chi connectivity index (χ0n) is 14.3. The lowest BCUT2D eigenvalue weighted by Crippen LogP contribution is -2.26. The van der Waals surface area contributed by atoms with Gasteiger partial charge in [-0.15, -0.1) is 12.4 Å². The van der Waals surface area contributed by atoms with Gasteiger partial charge < -0.3 is 9.73 Å². The van der Waals surface area contributed by atoms with E-state index in [9.17, 15) is 4.79 Å². The van der Waals surface area contributed by atoms with Crippen molar-refractivity contribution in [1.29, 1.82) is 0 Å². The predicted octanol–water partition coefficient (Wildman–Crippen LogP) is 2.84. The molecule has 0 radical (unpaired) electrons. The minimum absolute atomic E-state index is 0. The van der Waals surface area contributed by atoms with Gasteiger partial charge in [-0.1, -0.05) is 12.1 Å². The standard InChI is InChI=1S/C19H20N4O2.ClH/c24-18-5-2-8-22-23(18)13-14-3-1-4-16(11-14)19-21-12-17(25-19)15-6-9-20-10-7-15;/h1-5,8,11-12,15,20H,6-7,9-10,13H2;1H. The number of halogens is 1. The third-order valence-electron chi connectivity index (χ3n) is 4.56. The quantitative estimate of drug-likeness (QED) is 0.762. The number of piperidine rings is 1. The number of hydrogen-bond donors (Lipinski definition) is 1. The SMILES string of the molecule is Cl.O=c1cccnn1Cc1cccc(-c2ncc(C3CCNCC3)o2)c1. The van der Waals surface area contributed by atoms with Gasteiger partial charge in [-0.2, -0.15) is 5.10 Å². The maximum Gasteiger partial charge on any atom is 0.267 e. The first-order valence-electron chi connectivity index (χ1n) is 8.57. The van der Waals surface area contributed by atoms with Gasteiger partial charge in [0.25, 0.3) is 5.56 Å². The van der Waals surface area contributed by atoms with E-state index in [1.165, 1.54) is 10.7 Å². The molecule has 0 bridgehead atoms. The van der Waals surface area contributed by atoms with E-state index >= 15 is 0 Å². The minimum atomic E-state index is -0.114. The molecule has 0 unspecified atom stereocenters. The summed E-state index contributed by atoms with van der Waals surface area (Å²) < 4.78 is 7.45. The summed E-state index contributed by atoms with van der Waals surface area (Å²) in [4.78, 5) is 16.3. The van der Waals surface area contributed by atoms with Crippen LogP contribution in [0.15, 0.2) is 58.0 Å². The molecule has 3 aromatic rings. The molecule has 0 amide bonds. The van der Waals surface area contributed by atoms with E-state index < -0.39 is 0 Å². The highest BCUT2D eigenvalue weighted by Crippen LogP contribution is 2.29. The highest BCUT2D eigenvalue weighted by molar-refractivity contribution is 5.85. The Kier molecular flexibility index (Phi) is 5.85. The van der Waals surface area contributed by atoms with Gasteiger partial charge in [0, 0.05) is 23.7 Å². The van der Waals surface area contributed by atoms with Crippen LogP contribution in [0.2, 0.25) is 0 Å². The second-order valence-corrected chi connectivity index (χ2v) is 6.31. The second-order valence-electron chi connectivity index (χ2n) is 6.31. The van der Waals surface area contributed by atoms with Gasteiger partial charge in [0.05, 0.1) is 12.7 Å². The lowest BCUT2D eigenvalue weighted by atomic mass is 9.96. The molecular weight excluding hydrogens is 352 g/mol. The molecule has 2 aromatic heterocycles. The molecule has 0 atom stereocenters. The van der Waals surface area contributed by atoms with Crippen molar-refractivity contribution >= 4 is 12.4 Å². The number of hydrogen-bond acceptors (Lipinski definition) is 5. The van der Waals surface area contributed by atoms with E-state index in [0.29, 0.717) is 18.4 Å². The molecule has 6 nitrogen and oxygen atoms in total. The molecule has 1 saturated heterocycles. The maximum absolute atomic E-state index is 11.8. The Balaban J connectivity index is 0.00000196.